The SMILES string of the molecule is CN=C(NCCS(=O)(=O)NCC1CCCCO1)NCC(C(C)C)N1CCOCC1.I. The molecule has 11 heteroatoms. The monoisotopic (exact) mass is 561 g/mol. The predicted octanol–water partition coefficient (Wildman–Crippen LogP) is 0.615. The van der Waals surface area contributed by atoms with Crippen LogP contribution in [-0.4, -0.2) is 96.8 Å². The van der Waals surface area contributed by atoms with Crippen LogP contribution in [0.3, 0.4) is 0 Å². The molecule has 2 rings (SSSR count). The average Bonchev–Trinajstić information content (AvgIpc) is 2.72. The number of morpholine rings is 1. The third kappa shape index (κ3) is 10.4. The van der Waals surface area contributed by atoms with Crippen LogP contribution in [0, 0.1) is 5.92 Å². The Kier molecular flexibility index (Phi) is 13.7. The van der Waals surface area contributed by atoms with Gasteiger partial charge in [0.1, 0.15) is 0 Å². The minimum Gasteiger partial charge on any atom is -0.379 e. The second-order valence-corrected chi connectivity index (χ2v) is 9.92. The molecule has 30 heavy (non-hydrogen) atoms. The van der Waals surface area contributed by atoms with Crippen molar-refractivity contribution in [3.8, 4) is 0 Å². The molecule has 0 spiro atoms. The molecule has 0 radical (unpaired) electrons. The number of ether oxygens (including phenoxy) is 2. The van der Waals surface area contributed by atoms with Gasteiger partial charge in [0, 0.05) is 52.4 Å². The number of nitrogens with zero attached hydrogens (tertiary/aromatic N) is 2. The number of guanidine groups is 1. The molecule has 2 heterocycles. The van der Waals surface area contributed by atoms with Gasteiger partial charge in [-0.1, -0.05) is 13.8 Å². The van der Waals surface area contributed by atoms with Gasteiger partial charge in [0.2, 0.25) is 10.0 Å². The Morgan fingerprint density at radius 2 is 1.90 bits per heavy atom. The van der Waals surface area contributed by atoms with Crippen molar-refractivity contribution < 1.29 is 17.9 Å². The van der Waals surface area contributed by atoms with E-state index in [0.29, 0.717) is 31.0 Å². The Morgan fingerprint density at radius 3 is 2.50 bits per heavy atom. The standard InChI is InChI=1S/C19H39N5O4S.HI/c1-16(2)18(24-8-11-27-12-9-24)15-22-19(20-3)21-7-13-29(25,26)23-14-17-6-4-5-10-28-17;/h16-18,23H,4-15H2,1-3H3,(H2,20,21,22);1H. The second-order valence-electron chi connectivity index (χ2n) is 8.00. The summed E-state index contributed by atoms with van der Waals surface area (Å²) in [5, 5.41) is 6.45. The van der Waals surface area contributed by atoms with Gasteiger partial charge in [-0.25, -0.2) is 13.1 Å². The normalized spacial score (nSPS) is 22.4. The number of aliphatic imine (C=N–C) groups is 1. The Balaban J connectivity index is 0.00000450. The van der Waals surface area contributed by atoms with Crippen molar-refractivity contribution in [2.45, 2.75) is 45.3 Å². The fraction of sp³-hybridized carbons (Fsp3) is 0.947. The van der Waals surface area contributed by atoms with E-state index in [-0.39, 0.29) is 35.8 Å². The average molecular weight is 562 g/mol. The number of sulfonamides is 1. The van der Waals surface area contributed by atoms with Crippen molar-refractivity contribution >= 4 is 40.0 Å². The van der Waals surface area contributed by atoms with Gasteiger partial charge in [0.15, 0.2) is 5.96 Å². The molecular weight excluding hydrogens is 521 g/mol. The maximum absolute atomic E-state index is 12.2. The van der Waals surface area contributed by atoms with E-state index >= 15 is 0 Å². The van der Waals surface area contributed by atoms with Crippen LogP contribution >= 0.6 is 24.0 Å². The first-order valence-corrected chi connectivity index (χ1v) is 12.4. The Labute approximate surface area is 199 Å². The number of nitrogens with one attached hydrogen (secondary N) is 3. The molecule has 0 amide bonds. The first kappa shape index (κ1) is 27.8. The quantitative estimate of drug-likeness (QED) is 0.204. The van der Waals surface area contributed by atoms with Crippen LogP contribution in [0.15, 0.2) is 4.99 Å². The van der Waals surface area contributed by atoms with Crippen molar-refractivity contribution in [2.24, 2.45) is 10.9 Å². The van der Waals surface area contributed by atoms with E-state index in [1.54, 1.807) is 7.05 Å². The van der Waals surface area contributed by atoms with E-state index in [4.69, 9.17) is 9.47 Å². The Bertz CT molecular complexity index is 594. The summed E-state index contributed by atoms with van der Waals surface area (Å²) in [4.78, 5) is 6.66. The molecule has 2 aliphatic rings. The zero-order valence-electron chi connectivity index (χ0n) is 18.6. The van der Waals surface area contributed by atoms with E-state index in [9.17, 15) is 8.42 Å². The fourth-order valence-corrected chi connectivity index (χ4v) is 4.64. The van der Waals surface area contributed by atoms with Gasteiger partial charge >= 0.3 is 0 Å². The molecule has 3 N–H and O–H groups in total. The molecule has 0 saturated carbocycles. The van der Waals surface area contributed by atoms with Crippen LogP contribution in [0.4, 0.5) is 0 Å². The van der Waals surface area contributed by atoms with Gasteiger partial charge in [0.05, 0.1) is 25.1 Å². The molecule has 0 aliphatic carbocycles. The van der Waals surface area contributed by atoms with Crippen LogP contribution in [0.2, 0.25) is 0 Å². The number of hydrogen-bond acceptors (Lipinski definition) is 6. The first-order valence-electron chi connectivity index (χ1n) is 10.8. The third-order valence-corrected chi connectivity index (χ3v) is 6.80. The number of halogens is 1. The lowest BCUT2D eigenvalue weighted by Gasteiger charge is -2.37. The summed E-state index contributed by atoms with van der Waals surface area (Å²) in [5.41, 5.74) is 0. The zero-order chi connectivity index (χ0) is 21.1. The van der Waals surface area contributed by atoms with Crippen molar-refractivity contribution in [1.82, 2.24) is 20.3 Å². The summed E-state index contributed by atoms with van der Waals surface area (Å²) in [6.45, 7) is 9.96. The van der Waals surface area contributed by atoms with Crippen LogP contribution < -0.4 is 15.4 Å². The lowest BCUT2D eigenvalue weighted by Crippen LogP contribution is -2.53. The Morgan fingerprint density at radius 1 is 1.17 bits per heavy atom. The van der Waals surface area contributed by atoms with Crippen LogP contribution in [0.25, 0.3) is 0 Å². The van der Waals surface area contributed by atoms with E-state index in [0.717, 1.165) is 58.7 Å². The first-order chi connectivity index (χ1) is 13.9. The fourth-order valence-electron chi connectivity index (χ4n) is 3.68. The van der Waals surface area contributed by atoms with E-state index in [1.807, 2.05) is 0 Å². The molecule has 0 aromatic rings. The second kappa shape index (κ2) is 14.8. The van der Waals surface area contributed by atoms with Crippen molar-refractivity contribution in [3.63, 3.8) is 0 Å². The summed E-state index contributed by atoms with van der Waals surface area (Å²) in [5.74, 6) is 1.11. The summed E-state index contributed by atoms with van der Waals surface area (Å²) in [6, 6.07) is 0.373. The van der Waals surface area contributed by atoms with Gasteiger partial charge in [-0.15, -0.1) is 24.0 Å². The van der Waals surface area contributed by atoms with Gasteiger partial charge in [-0.2, -0.15) is 0 Å². The van der Waals surface area contributed by atoms with Crippen LogP contribution in [0.5, 0.6) is 0 Å². The lowest BCUT2D eigenvalue weighted by molar-refractivity contribution is 0.00752. The Hall–Kier alpha value is -0.210. The molecule has 0 aromatic heterocycles. The number of hydrogen-bond donors (Lipinski definition) is 3. The molecule has 2 unspecified atom stereocenters. The minimum atomic E-state index is -3.34. The van der Waals surface area contributed by atoms with Gasteiger partial charge in [0.25, 0.3) is 0 Å². The summed E-state index contributed by atoms with van der Waals surface area (Å²) in [6.07, 6.45) is 3.06. The van der Waals surface area contributed by atoms with Gasteiger partial charge in [-0.3, -0.25) is 9.89 Å². The van der Waals surface area contributed by atoms with E-state index in [2.05, 4.69) is 39.1 Å². The van der Waals surface area contributed by atoms with E-state index < -0.39 is 10.0 Å². The van der Waals surface area contributed by atoms with E-state index in [1.165, 1.54) is 0 Å². The number of rotatable bonds is 10. The third-order valence-electron chi connectivity index (χ3n) is 5.45. The minimum absolute atomic E-state index is 0. The van der Waals surface area contributed by atoms with Gasteiger partial charge < -0.3 is 20.1 Å². The summed E-state index contributed by atoms with van der Waals surface area (Å²) in [7, 11) is -1.65. The molecule has 0 aromatic carbocycles. The summed E-state index contributed by atoms with van der Waals surface area (Å²) < 4.78 is 38.1. The molecule has 2 aliphatic heterocycles. The van der Waals surface area contributed by atoms with Crippen LogP contribution in [0.1, 0.15) is 33.1 Å². The highest BCUT2D eigenvalue weighted by molar-refractivity contribution is 14.0. The van der Waals surface area contributed by atoms with Crippen LogP contribution in [-0.2, 0) is 19.5 Å². The molecule has 9 nitrogen and oxygen atoms in total. The lowest BCUT2D eigenvalue weighted by atomic mass is 10.0. The molecule has 0 bridgehead atoms. The maximum Gasteiger partial charge on any atom is 0.213 e. The highest BCUT2D eigenvalue weighted by Crippen LogP contribution is 2.13. The topological polar surface area (TPSA) is 104 Å². The molecule has 2 saturated heterocycles. The predicted molar refractivity (Wildman–Crippen MR) is 131 cm³/mol. The highest BCUT2D eigenvalue weighted by Gasteiger charge is 2.24. The molecule has 2 atom stereocenters. The summed E-state index contributed by atoms with van der Waals surface area (Å²) >= 11 is 0. The smallest absolute Gasteiger partial charge is 0.213 e. The van der Waals surface area contributed by atoms with Crippen molar-refractivity contribution in [2.75, 3.05) is 65.3 Å². The van der Waals surface area contributed by atoms with Gasteiger partial charge in [-0.05, 0) is 25.2 Å². The van der Waals surface area contributed by atoms with Crippen molar-refractivity contribution in [3.05, 3.63) is 0 Å². The molecule has 178 valence electrons. The largest absolute Gasteiger partial charge is 0.379 e. The molecular formula is C19H40IN5O4S. The highest BCUT2D eigenvalue weighted by atomic mass is 127. The maximum atomic E-state index is 12.2. The molecule has 2 fully saturated rings. The zero-order valence-corrected chi connectivity index (χ0v) is 21.7. The van der Waals surface area contributed by atoms with Crippen molar-refractivity contribution in [1.29, 1.82) is 0 Å².